The van der Waals surface area contributed by atoms with Gasteiger partial charge in [0.25, 0.3) is 12.9 Å². The molecule has 3 aromatic rings. The van der Waals surface area contributed by atoms with Gasteiger partial charge < -0.3 is 10.1 Å². The smallest absolute Gasteiger partial charge is 0.387 e. The second-order valence-electron chi connectivity index (χ2n) is 6.61. The van der Waals surface area contributed by atoms with Gasteiger partial charge in [-0.15, -0.1) is 0 Å². The number of amides is 1. The molecule has 0 atom stereocenters. The molecule has 0 unspecified atom stereocenters. The van der Waals surface area contributed by atoms with Crippen molar-refractivity contribution in [2.75, 3.05) is 5.32 Å². The molecule has 166 valence electrons. The minimum absolute atomic E-state index is 0.0482. The number of carbonyl (C=O) groups is 1. The Balaban J connectivity index is 1.96. The molecule has 1 amide bonds. The van der Waals surface area contributed by atoms with Gasteiger partial charge in [0.2, 0.25) is 5.91 Å². The molecule has 6 nitrogen and oxygen atoms in total. The van der Waals surface area contributed by atoms with Crippen molar-refractivity contribution in [1.82, 2.24) is 14.8 Å². The number of anilines is 1. The third kappa shape index (κ3) is 4.89. The van der Waals surface area contributed by atoms with Crippen molar-refractivity contribution in [3.8, 4) is 5.75 Å². The van der Waals surface area contributed by atoms with Crippen molar-refractivity contribution in [3.63, 3.8) is 0 Å². The fourth-order valence-corrected chi connectivity index (χ4v) is 3.07. The first kappa shape index (κ1) is 22.4. The monoisotopic (exact) mass is 446 g/mol. The number of alkyl halides is 6. The Labute approximate surface area is 171 Å². The van der Waals surface area contributed by atoms with Gasteiger partial charge in [-0.05, 0) is 37.6 Å². The highest BCUT2D eigenvalue weighted by Crippen LogP contribution is 2.33. The molecule has 0 aliphatic heterocycles. The Bertz CT molecular complexity index is 1120. The second-order valence-corrected chi connectivity index (χ2v) is 6.61. The molecule has 2 heterocycles. The molecule has 31 heavy (non-hydrogen) atoms. The number of rotatable bonds is 7. The Morgan fingerprint density at radius 2 is 1.81 bits per heavy atom. The zero-order chi connectivity index (χ0) is 22.9. The molecule has 0 radical (unpaired) electrons. The molecule has 12 heteroatoms. The quantitative estimate of drug-likeness (QED) is 0.509. The number of halogens is 6. The predicted molar refractivity (Wildman–Crippen MR) is 98.6 cm³/mol. The molecule has 0 fully saturated rings. The largest absolute Gasteiger partial charge is 0.433 e. The van der Waals surface area contributed by atoms with Crippen molar-refractivity contribution >= 4 is 22.6 Å². The van der Waals surface area contributed by atoms with E-state index in [-0.39, 0.29) is 28.2 Å². The number of aryl methyl sites for hydroxylation is 2. The Morgan fingerprint density at radius 3 is 2.42 bits per heavy atom. The van der Waals surface area contributed by atoms with Gasteiger partial charge in [0.1, 0.15) is 18.0 Å². The summed E-state index contributed by atoms with van der Waals surface area (Å²) < 4.78 is 83.5. The summed E-state index contributed by atoms with van der Waals surface area (Å²) in [5.41, 5.74) is -1.20. The van der Waals surface area contributed by atoms with Crippen LogP contribution in [0.25, 0.3) is 11.0 Å². The third-order valence-electron chi connectivity index (χ3n) is 4.30. The van der Waals surface area contributed by atoms with E-state index in [2.05, 4.69) is 20.1 Å². The highest BCUT2D eigenvalue weighted by atomic mass is 19.3. The lowest BCUT2D eigenvalue weighted by Gasteiger charge is -2.13. The number of hydrogen-bond donors (Lipinski definition) is 1. The average molecular weight is 446 g/mol. The van der Waals surface area contributed by atoms with Crippen LogP contribution in [0.2, 0.25) is 0 Å². The molecule has 0 spiro atoms. The predicted octanol–water partition coefficient (Wildman–Crippen LogP) is 5.16. The topological polar surface area (TPSA) is 69.0 Å². The van der Waals surface area contributed by atoms with Gasteiger partial charge in [-0.3, -0.25) is 4.79 Å². The lowest BCUT2D eigenvalue weighted by Crippen LogP contribution is -2.20. The number of aromatic nitrogens is 3. The number of fused-ring (bicyclic) bond motifs is 1. The van der Waals surface area contributed by atoms with Gasteiger partial charge in [-0.1, -0.05) is 6.07 Å². The van der Waals surface area contributed by atoms with Gasteiger partial charge in [0.15, 0.2) is 5.65 Å². The van der Waals surface area contributed by atoms with E-state index in [1.54, 1.807) is 6.92 Å². The van der Waals surface area contributed by atoms with Crippen molar-refractivity contribution in [3.05, 3.63) is 46.8 Å². The molecule has 0 bridgehead atoms. The van der Waals surface area contributed by atoms with Crippen molar-refractivity contribution in [1.29, 1.82) is 0 Å². The summed E-state index contributed by atoms with van der Waals surface area (Å²) in [5.74, 6) is -1.06. The highest BCUT2D eigenvalue weighted by molar-refractivity contribution is 5.93. The van der Waals surface area contributed by atoms with Crippen LogP contribution in [0, 0.1) is 13.8 Å². The highest BCUT2D eigenvalue weighted by Gasteiger charge is 2.24. The van der Waals surface area contributed by atoms with Gasteiger partial charge in [-0.25, -0.2) is 27.2 Å². The van der Waals surface area contributed by atoms with E-state index in [1.807, 2.05) is 0 Å². The van der Waals surface area contributed by atoms with Crippen LogP contribution in [0.5, 0.6) is 5.75 Å². The van der Waals surface area contributed by atoms with E-state index in [0.29, 0.717) is 11.6 Å². The van der Waals surface area contributed by atoms with Crippen LogP contribution in [-0.2, 0) is 11.3 Å². The fourth-order valence-electron chi connectivity index (χ4n) is 3.07. The molecule has 3 rings (SSSR count). The van der Waals surface area contributed by atoms with Crippen LogP contribution in [0.15, 0.2) is 24.3 Å². The molecular weight excluding hydrogens is 430 g/mol. The molecule has 0 aliphatic rings. The van der Waals surface area contributed by atoms with Gasteiger partial charge in [0.05, 0.1) is 16.8 Å². The normalized spacial score (nSPS) is 11.7. The van der Waals surface area contributed by atoms with Gasteiger partial charge in [-0.2, -0.15) is 13.9 Å². The molecule has 0 saturated heterocycles. The maximum Gasteiger partial charge on any atom is 0.387 e. The standard InChI is InChI=1S/C19H16F6N4O2/c1-8-3-4-13(31-19(24)25)11(5-8)26-14(30)7-29-18-15(9(2)28-29)10(16(20)21)6-12(27-18)17(22)23/h3-6,16-17,19H,7H2,1-2H3,(H,26,30). The molecule has 0 aliphatic carbocycles. The van der Waals surface area contributed by atoms with Crippen LogP contribution in [0.1, 0.15) is 35.4 Å². The van der Waals surface area contributed by atoms with E-state index >= 15 is 0 Å². The Morgan fingerprint density at radius 1 is 1.10 bits per heavy atom. The van der Waals surface area contributed by atoms with E-state index in [9.17, 15) is 31.1 Å². The SMILES string of the molecule is Cc1ccc(OC(F)F)c(NC(=O)Cn2nc(C)c3c(C(F)F)cc(C(F)F)nc32)c1. The lowest BCUT2D eigenvalue weighted by molar-refractivity contribution is -0.116. The van der Waals surface area contributed by atoms with Crippen LogP contribution in [0.3, 0.4) is 0 Å². The van der Waals surface area contributed by atoms with E-state index in [0.717, 1.165) is 4.68 Å². The van der Waals surface area contributed by atoms with Gasteiger partial charge >= 0.3 is 6.61 Å². The average Bonchev–Trinajstić information content (AvgIpc) is 2.98. The number of carbonyl (C=O) groups excluding carboxylic acids is 1. The Kier molecular flexibility index (Phi) is 6.37. The summed E-state index contributed by atoms with van der Waals surface area (Å²) in [7, 11) is 0. The van der Waals surface area contributed by atoms with Crippen molar-refractivity contribution < 1.29 is 35.9 Å². The van der Waals surface area contributed by atoms with Crippen LogP contribution < -0.4 is 10.1 Å². The first-order valence-corrected chi connectivity index (χ1v) is 8.86. The zero-order valence-electron chi connectivity index (χ0n) is 16.2. The molecule has 1 aromatic carbocycles. The number of nitrogens with one attached hydrogen (secondary N) is 1. The number of ether oxygens (including phenoxy) is 1. The number of benzene rings is 1. The number of hydrogen-bond acceptors (Lipinski definition) is 4. The van der Waals surface area contributed by atoms with Crippen molar-refractivity contribution in [2.45, 2.75) is 39.9 Å². The number of nitrogens with zero attached hydrogens (tertiary/aromatic N) is 3. The summed E-state index contributed by atoms with van der Waals surface area (Å²) in [4.78, 5) is 16.2. The molecule has 1 N–H and O–H groups in total. The van der Waals surface area contributed by atoms with E-state index < -0.39 is 43.2 Å². The summed E-state index contributed by atoms with van der Waals surface area (Å²) >= 11 is 0. The number of pyridine rings is 1. The van der Waals surface area contributed by atoms with Crippen LogP contribution in [0.4, 0.5) is 32.0 Å². The fraction of sp³-hybridized carbons (Fsp3) is 0.316. The minimum atomic E-state index is -3.12. The van der Waals surface area contributed by atoms with Crippen LogP contribution in [-0.4, -0.2) is 27.3 Å². The maximum absolute atomic E-state index is 13.4. The van der Waals surface area contributed by atoms with Crippen LogP contribution >= 0.6 is 0 Å². The zero-order valence-corrected chi connectivity index (χ0v) is 16.2. The molecule has 2 aromatic heterocycles. The maximum atomic E-state index is 13.4. The second kappa shape index (κ2) is 8.82. The first-order chi connectivity index (χ1) is 14.6. The minimum Gasteiger partial charge on any atom is -0.433 e. The summed E-state index contributed by atoms with van der Waals surface area (Å²) in [5, 5.41) is 6.20. The molecular formula is C19H16F6N4O2. The third-order valence-corrected chi connectivity index (χ3v) is 4.30. The van der Waals surface area contributed by atoms with Gasteiger partial charge in [0, 0.05) is 5.56 Å². The summed E-state index contributed by atoms with van der Waals surface area (Å²) in [6.45, 7) is -0.676. The lowest BCUT2D eigenvalue weighted by atomic mass is 10.1. The summed E-state index contributed by atoms with van der Waals surface area (Å²) in [6.07, 6.45) is -6.17. The summed E-state index contributed by atoms with van der Waals surface area (Å²) in [6, 6.07) is 4.75. The van der Waals surface area contributed by atoms with E-state index in [1.165, 1.54) is 25.1 Å². The van der Waals surface area contributed by atoms with Crippen molar-refractivity contribution in [2.24, 2.45) is 0 Å². The molecule has 0 saturated carbocycles. The first-order valence-electron chi connectivity index (χ1n) is 8.86. The Hall–Kier alpha value is -3.31. The van der Waals surface area contributed by atoms with E-state index in [4.69, 9.17) is 0 Å².